The second-order valence-corrected chi connectivity index (χ2v) is 6.60. The molecule has 0 saturated carbocycles. The maximum absolute atomic E-state index is 12.7. The number of rotatable bonds is 4. The van der Waals surface area contributed by atoms with E-state index >= 15 is 0 Å². The summed E-state index contributed by atoms with van der Waals surface area (Å²) in [5.74, 6) is -0.396. The van der Waals surface area contributed by atoms with Crippen LogP contribution in [0.25, 0.3) is 10.9 Å². The van der Waals surface area contributed by atoms with Crippen LogP contribution in [0.2, 0.25) is 0 Å². The molecule has 152 valence electrons. The molecule has 2 aromatic carbocycles. The van der Waals surface area contributed by atoms with Crippen LogP contribution in [0.15, 0.2) is 52.1 Å². The van der Waals surface area contributed by atoms with E-state index in [-0.39, 0.29) is 29.6 Å². The molecule has 0 fully saturated rings. The number of halogens is 3. The van der Waals surface area contributed by atoms with Gasteiger partial charge in [-0.2, -0.15) is 13.2 Å². The molecule has 1 heterocycles. The summed E-state index contributed by atoms with van der Waals surface area (Å²) in [7, 11) is 1.52. The van der Waals surface area contributed by atoms with Gasteiger partial charge >= 0.3 is 11.9 Å². The van der Waals surface area contributed by atoms with Gasteiger partial charge in [0, 0.05) is 25.7 Å². The lowest BCUT2D eigenvalue weighted by molar-refractivity contribution is -0.137. The molecule has 0 unspecified atom stereocenters. The highest BCUT2D eigenvalue weighted by Crippen LogP contribution is 2.29. The van der Waals surface area contributed by atoms with Crippen molar-refractivity contribution in [2.75, 3.05) is 7.05 Å². The van der Waals surface area contributed by atoms with Crippen molar-refractivity contribution in [2.45, 2.75) is 26.2 Å². The highest BCUT2D eigenvalue weighted by molar-refractivity contribution is 5.97. The number of hydrogen-bond acceptors (Lipinski definition) is 3. The molecule has 3 rings (SSSR count). The molecule has 0 aliphatic rings. The fraction of sp³-hybridized carbons (Fsp3) is 0.250. The molecule has 0 spiro atoms. The van der Waals surface area contributed by atoms with Crippen molar-refractivity contribution < 1.29 is 18.0 Å². The van der Waals surface area contributed by atoms with Crippen LogP contribution in [0.4, 0.5) is 13.2 Å². The van der Waals surface area contributed by atoms with Crippen LogP contribution >= 0.6 is 0 Å². The molecule has 0 bridgehead atoms. The van der Waals surface area contributed by atoms with Gasteiger partial charge < -0.3 is 9.88 Å². The fourth-order valence-corrected chi connectivity index (χ4v) is 3.04. The number of nitrogens with zero attached hydrogens (tertiary/aromatic N) is 2. The van der Waals surface area contributed by atoms with Gasteiger partial charge in [-0.15, -0.1) is 0 Å². The van der Waals surface area contributed by atoms with E-state index in [0.29, 0.717) is 5.56 Å². The number of amides is 1. The molecule has 0 saturated heterocycles. The number of H-pyrrole nitrogens is 1. The Hall–Kier alpha value is -3.36. The van der Waals surface area contributed by atoms with Crippen molar-refractivity contribution in [1.82, 2.24) is 14.5 Å². The van der Waals surface area contributed by atoms with E-state index < -0.39 is 28.9 Å². The van der Waals surface area contributed by atoms with Crippen molar-refractivity contribution in [1.29, 1.82) is 0 Å². The topological polar surface area (TPSA) is 75.2 Å². The predicted octanol–water partition coefficient (Wildman–Crippen LogP) is 3.00. The number of carbonyl (C=O) groups excluding carboxylic acids is 1. The summed E-state index contributed by atoms with van der Waals surface area (Å²) >= 11 is 0. The lowest BCUT2D eigenvalue weighted by atomic mass is 10.1. The van der Waals surface area contributed by atoms with E-state index in [1.165, 1.54) is 42.3 Å². The second-order valence-electron chi connectivity index (χ2n) is 6.60. The van der Waals surface area contributed by atoms with Crippen molar-refractivity contribution in [2.24, 2.45) is 0 Å². The zero-order valence-corrected chi connectivity index (χ0v) is 15.7. The summed E-state index contributed by atoms with van der Waals surface area (Å²) in [4.78, 5) is 40.9. The number of aromatic nitrogens is 2. The van der Waals surface area contributed by atoms with Gasteiger partial charge in [-0.1, -0.05) is 12.1 Å². The minimum absolute atomic E-state index is 0.100. The van der Waals surface area contributed by atoms with E-state index in [1.807, 2.05) is 0 Å². The number of nitrogens with one attached hydrogen (secondary N) is 1. The monoisotopic (exact) mass is 405 g/mol. The lowest BCUT2D eigenvalue weighted by Crippen LogP contribution is -2.34. The number of benzene rings is 2. The summed E-state index contributed by atoms with van der Waals surface area (Å²) in [5, 5.41) is 0.286. The number of carbonyl (C=O) groups is 1. The fourth-order valence-electron chi connectivity index (χ4n) is 3.04. The maximum Gasteiger partial charge on any atom is 0.416 e. The first-order valence-corrected chi connectivity index (χ1v) is 8.80. The standard InChI is InChI=1S/C20H18F3N3O3/c1-3-26-18(28)15-9-6-13(10-16(15)24-19(26)29)17(27)25(2)11-12-4-7-14(8-5-12)20(21,22)23/h4-10H,3,11H2,1-2H3,(H,24,29). The summed E-state index contributed by atoms with van der Waals surface area (Å²) in [5.41, 5.74) is -0.730. The summed E-state index contributed by atoms with van der Waals surface area (Å²) in [6.45, 7) is 2.00. The molecule has 1 amide bonds. The van der Waals surface area contributed by atoms with E-state index in [2.05, 4.69) is 4.98 Å². The van der Waals surface area contributed by atoms with Gasteiger partial charge in [-0.25, -0.2) is 4.79 Å². The quantitative estimate of drug-likeness (QED) is 0.725. The van der Waals surface area contributed by atoms with Crippen LogP contribution in [-0.4, -0.2) is 27.4 Å². The third kappa shape index (κ3) is 4.08. The van der Waals surface area contributed by atoms with Gasteiger partial charge in [0.15, 0.2) is 0 Å². The third-order valence-electron chi connectivity index (χ3n) is 4.59. The van der Waals surface area contributed by atoms with Gasteiger partial charge in [0.05, 0.1) is 16.5 Å². The Kier molecular flexibility index (Phi) is 5.32. The Bertz CT molecular complexity index is 1180. The second kappa shape index (κ2) is 7.57. The summed E-state index contributed by atoms with van der Waals surface area (Å²) in [6.07, 6.45) is -4.42. The first-order chi connectivity index (χ1) is 13.6. The summed E-state index contributed by atoms with van der Waals surface area (Å²) < 4.78 is 39.0. The molecule has 29 heavy (non-hydrogen) atoms. The maximum atomic E-state index is 12.7. The molecule has 0 aliphatic heterocycles. The first-order valence-electron chi connectivity index (χ1n) is 8.80. The molecule has 3 aromatic rings. The minimum Gasteiger partial charge on any atom is -0.337 e. The Morgan fingerprint density at radius 3 is 2.34 bits per heavy atom. The third-order valence-corrected chi connectivity index (χ3v) is 4.59. The highest BCUT2D eigenvalue weighted by Gasteiger charge is 2.30. The van der Waals surface area contributed by atoms with Crippen LogP contribution in [0.3, 0.4) is 0 Å². The normalized spacial score (nSPS) is 11.6. The van der Waals surface area contributed by atoms with Crippen LogP contribution in [-0.2, 0) is 19.3 Å². The molecule has 0 atom stereocenters. The van der Waals surface area contributed by atoms with Crippen LogP contribution < -0.4 is 11.2 Å². The number of aromatic amines is 1. The van der Waals surface area contributed by atoms with Crippen molar-refractivity contribution in [3.05, 3.63) is 80.0 Å². The minimum atomic E-state index is -4.42. The molecule has 0 radical (unpaired) electrons. The Labute approximate surface area is 163 Å². The summed E-state index contributed by atoms with van der Waals surface area (Å²) in [6, 6.07) is 8.94. The molecule has 9 heteroatoms. The van der Waals surface area contributed by atoms with Gasteiger partial charge in [-0.3, -0.25) is 14.2 Å². The molecule has 0 aliphatic carbocycles. The Morgan fingerprint density at radius 1 is 1.10 bits per heavy atom. The van der Waals surface area contributed by atoms with Crippen LogP contribution in [0.1, 0.15) is 28.4 Å². The first kappa shape index (κ1) is 20.4. The average Bonchev–Trinajstić information content (AvgIpc) is 2.67. The lowest BCUT2D eigenvalue weighted by Gasteiger charge is -2.18. The van der Waals surface area contributed by atoms with E-state index in [9.17, 15) is 27.6 Å². The highest BCUT2D eigenvalue weighted by atomic mass is 19.4. The number of alkyl halides is 3. The van der Waals surface area contributed by atoms with E-state index in [4.69, 9.17) is 0 Å². The van der Waals surface area contributed by atoms with Gasteiger partial charge in [0.1, 0.15) is 0 Å². The SMILES string of the molecule is CCn1c(=O)[nH]c2cc(C(=O)N(C)Cc3ccc(C(F)(F)F)cc3)ccc2c1=O. The van der Waals surface area contributed by atoms with E-state index in [0.717, 1.165) is 16.7 Å². The zero-order valence-electron chi connectivity index (χ0n) is 15.7. The molecule has 6 nitrogen and oxygen atoms in total. The average molecular weight is 405 g/mol. The Morgan fingerprint density at radius 2 is 1.76 bits per heavy atom. The van der Waals surface area contributed by atoms with Crippen LogP contribution in [0, 0.1) is 0 Å². The largest absolute Gasteiger partial charge is 0.416 e. The molecular formula is C20H18F3N3O3. The molecule has 1 aromatic heterocycles. The van der Waals surface area contributed by atoms with E-state index in [1.54, 1.807) is 6.92 Å². The van der Waals surface area contributed by atoms with Crippen molar-refractivity contribution in [3.8, 4) is 0 Å². The van der Waals surface area contributed by atoms with Crippen LogP contribution in [0.5, 0.6) is 0 Å². The zero-order chi connectivity index (χ0) is 21.3. The number of fused-ring (bicyclic) bond motifs is 1. The van der Waals surface area contributed by atoms with Crippen molar-refractivity contribution in [3.63, 3.8) is 0 Å². The van der Waals surface area contributed by atoms with Gasteiger partial charge in [0.25, 0.3) is 11.5 Å². The predicted molar refractivity (Wildman–Crippen MR) is 102 cm³/mol. The number of hydrogen-bond donors (Lipinski definition) is 1. The molecular weight excluding hydrogens is 387 g/mol. The van der Waals surface area contributed by atoms with Crippen molar-refractivity contribution >= 4 is 16.8 Å². The van der Waals surface area contributed by atoms with Gasteiger partial charge in [-0.05, 0) is 42.8 Å². The Balaban J connectivity index is 1.85. The molecule has 1 N–H and O–H groups in total. The smallest absolute Gasteiger partial charge is 0.337 e. The van der Waals surface area contributed by atoms with Gasteiger partial charge in [0.2, 0.25) is 0 Å².